The molecule has 0 spiro atoms. The largest absolute Gasteiger partial charge is 0.300 e. The molecule has 0 N–H and O–H groups in total. The van der Waals surface area contributed by atoms with Crippen molar-refractivity contribution >= 4 is 17.4 Å². The highest BCUT2D eigenvalue weighted by Crippen LogP contribution is 2.34. The first-order valence-electron chi connectivity index (χ1n) is 5.64. The van der Waals surface area contributed by atoms with E-state index < -0.39 is 11.5 Å². The fourth-order valence-corrected chi connectivity index (χ4v) is 2.11. The van der Waals surface area contributed by atoms with Crippen LogP contribution in [0.1, 0.15) is 38.7 Å². The lowest BCUT2D eigenvalue weighted by molar-refractivity contribution is -0.565. The van der Waals surface area contributed by atoms with Crippen LogP contribution in [0, 0.1) is 10.1 Å². The molecule has 1 atom stereocenters. The summed E-state index contributed by atoms with van der Waals surface area (Å²) in [5.74, 6) is -0.557. The SMILES string of the molecule is CC(=O)CC(c1cccc(Cl)c1)C(C)(C)[N+](=O)[O-]. The van der Waals surface area contributed by atoms with E-state index >= 15 is 0 Å². The minimum absolute atomic E-state index is 0.0742. The highest BCUT2D eigenvalue weighted by molar-refractivity contribution is 6.30. The summed E-state index contributed by atoms with van der Waals surface area (Å²) in [4.78, 5) is 22.1. The number of nitrogens with zero attached hydrogens (tertiary/aromatic N) is 1. The van der Waals surface area contributed by atoms with E-state index in [0.717, 1.165) is 5.56 Å². The molecule has 4 nitrogen and oxygen atoms in total. The average Bonchev–Trinajstić information content (AvgIpc) is 2.25. The summed E-state index contributed by atoms with van der Waals surface area (Å²) >= 11 is 5.90. The lowest BCUT2D eigenvalue weighted by Gasteiger charge is -2.26. The molecule has 0 saturated carbocycles. The smallest absolute Gasteiger partial charge is 0.223 e. The third-order valence-corrected chi connectivity index (χ3v) is 3.30. The Morgan fingerprint density at radius 1 is 1.50 bits per heavy atom. The van der Waals surface area contributed by atoms with E-state index in [4.69, 9.17) is 11.6 Å². The summed E-state index contributed by atoms with van der Waals surface area (Å²) in [6.45, 7) is 4.50. The summed E-state index contributed by atoms with van der Waals surface area (Å²) in [5, 5.41) is 11.7. The van der Waals surface area contributed by atoms with E-state index in [1.54, 1.807) is 24.3 Å². The van der Waals surface area contributed by atoms with Crippen molar-refractivity contribution in [2.75, 3.05) is 0 Å². The molecular weight excluding hydrogens is 254 g/mol. The zero-order valence-corrected chi connectivity index (χ0v) is 11.4. The van der Waals surface area contributed by atoms with Crippen molar-refractivity contribution < 1.29 is 9.72 Å². The molecule has 0 aliphatic carbocycles. The minimum Gasteiger partial charge on any atom is -0.300 e. The molecule has 0 amide bonds. The molecule has 0 aromatic heterocycles. The molecule has 18 heavy (non-hydrogen) atoms. The quantitative estimate of drug-likeness (QED) is 0.607. The van der Waals surface area contributed by atoms with E-state index in [1.807, 2.05) is 0 Å². The van der Waals surface area contributed by atoms with E-state index in [9.17, 15) is 14.9 Å². The number of hydrogen-bond donors (Lipinski definition) is 0. The van der Waals surface area contributed by atoms with Gasteiger partial charge in [0.05, 0.1) is 5.92 Å². The Morgan fingerprint density at radius 2 is 2.11 bits per heavy atom. The molecule has 1 aromatic carbocycles. The predicted octanol–water partition coefficient (Wildman–Crippen LogP) is 3.46. The van der Waals surface area contributed by atoms with Crippen LogP contribution in [-0.4, -0.2) is 16.2 Å². The Hall–Kier alpha value is -1.42. The minimum atomic E-state index is -1.21. The lowest BCUT2D eigenvalue weighted by atomic mass is 9.79. The maximum atomic E-state index is 11.3. The van der Waals surface area contributed by atoms with Crippen LogP contribution in [0.25, 0.3) is 0 Å². The Morgan fingerprint density at radius 3 is 2.56 bits per heavy atom. The van der Waals surface area contributed by atoms with Gasteiger partial charge in [-0.15, -0.1) is 0 Å². The van der Waals surface area contributed by atoms with Crippen molar-refractivity contribution in [1.82, 2.24) is 0 Å². The highest BCUT2D eigenvalue weighted by atomic mass is 35.5. The molecule has 1 aromatic rings. The molecule has 0 radical (unpaired) electrons. The van der Waals surface area contributed by atoms with Gasteiger partial charge in [0, 0.05) is 30.2 Å². The van der Waals surface area contributed by atoms with E-state index in [1.165, 1.54) is 20.8 Å². The zero-order valence-electron chi connectivity index (χ0n) is 10.6. The highest BCUT2D eigenvalue weighted by Gasteiger charge is 2.42. The maximum absolute atomic E-state index is 11.3. The lowest BCUT2D eigenvalue weighted by Crippen LogP contribution is -2.39. The van der Waals surface area contributed by atoms with Gasteiger partial charge in [0.15, 0.2) is 0 Å². The van der Waals surface area contributed by atoms with Gasteiger partial charge in [0.2, 0.25) is 5.54 Å². The van der Waals surface area contributed by atoms with Crippen molar-refractivity contribution in [3.8, 4) is 0 Å². The number of ketones is 1. The number of rotatable bonds is 5. The van der Waals surface area contributed by atoms with E-state index in [-0.39, 0.29) is 17.1 Å². The normalized spacial score (nSPS) is 13.1. The maximum Gasteiger partial charge on any atom is 0.223 e. The van der Waals surface area contributed by atoms with Gasteiger partial charge >= 0.3 is 0 Å². The number of carbonyl (C=O) groups is 1. The standard InChI is InChI=1S/C13H16ClNO3/c1-9(16)7-12(13(2,3)15(17)18)10-5-4-6-11(14)8-10/h4-6,8,12H,7H2,1-3H3. The van der Waals surface area contributed by atoms with Crippen LogP contribution >= 0.6 is 11.6 Å². The summed E-state index contributed by atoms with van der Waals surface area (Å²) in [6.07, 6.45) is 0.133. The summed E-state index contributed by atoms with van der Waals surface area (Å²) in [7, 11) is 0. The fraction of sp³-hybridized carbons (Fsp3) is 0.462. The van der Waals surface area contributed by atoms with Crippen molar-refractivity contribution in [2.24, 2.45) is 0 Å². The molecule has 0 heterocycles. The monoisotopic (exact) mass is 269 g/mol. The van der Waals surface area contributed by atoms with Gasteiger partial charge in [-0.05, 0) is 24.6 Å². The molecule has 1 rings (SSSR count). The van der Waals surface area contributed by atoms with Crippen molar-refractivity contribution in [1.29, 1.82) is 0 Å². The van der Waals surface area contributed by atoms with Gasteiger partial charge < -0.3 is 4.79 Å². The molecule has 0 saturated heterocycles. The third-order valence-electron chi connectivity index (χ3n) is 3.07. The molecule has 0 aliphatic heterocycles. The molecule has 0 bridgehead atoms. The van der Waals surface area contributed by atoms with Crippen LogP contribution in [-0.2, 0) is 4.79 Å². The third kappa shape index (κ3) is 3.29. The summed E-state index contributed by atoms with van der Waals surface area (Å²) < 4.78 is 0. The van der Waals surface area contributed by atoms with Gasteiger partial charge in [-0.3, -0.25) is 10.1 Å². The van der Waals surface area contributed by atoms with Crippen molar-refractivity contribution in [2.45, 2.75) is 38.6 Å². The molecule has 5 heteroatoms. The Labute approximate surface area is 111 Å². The van der Waals surface area contributed by atoms with Gasteiger partial charge in [0.25, 0.3) is 0 Å². The number of hydrogen-bond acceptors (Lipinski definition) is 3. The second-order valence-corrected chi connectivity index (χ2v) is 5.36. The molecule has 1 unspecified atom stereocenters. The van der Waals surface area contributed by atoms with E-state index in [2.05, 4.69) is 0 Å². The second kappa shape index (κ2) is 5.48. The van der Waals surface area contributed by atoms with Crippen LogP contribution in [0.4, 0.5) is 0 Å². The van der Waals surface area contributed by atoms with Gasteiger partial charge in [0.1, 0.15) is 5.78 Å². The summed E-state index contributed by atoms with van der Waals surface area (Å²) in [6, 6.07) is 6.89. The predicted molar refractivity (Wildman–Crippen MR) is 70.6 cm³/mol. The van der Waals surface area contributed by atoms with Gasteiger partial charge in [-0.1, -0.05) is 23.7 Å². The average molecular weight is 270 g/mol. The molecule has 0 fully saturated rings. The topological polar surface area (TPSA) is 60.2 Å². The zero-order chi connectivity index (χ0) is 13.9. The first kappa shape index (κ1) is 14.6. The van der Waals surface area contributed by atoms with Crippen LogP contribution in [0.2, 0.25) is 5.02 Å². The van der Waals surface area contributed by atoms with Gasteiger partial charge in [-0.25, -0.2) is 0 Å². The summed E-state index contributed by atoms with van der Waals surface area (Å²) in [5.41, 5.74) is -0.490. The number of Topliss-reactive ketones (excluding diaryl/α,β-unsaturated/α-hetero) is 1. The van der Waals surface area contributed by atoms with Crippen LogP contribution in [0.3, 0.4) is 0 Å². The number of nitro groups is 1. The Balaban J connectivity index is 3.21. The molecular formula is C13H16ClNO3. The first-order chi connectivity index (χ1) is 8.25. The Kier molecular flexibility index (Phi) is 4.46. The fourth-order valence-electron chi connectivity index (χ4n) is 1.91. The second-order valence-electron chi connectivity index (χ2n) is 4.92. The first-order valence-corrected chi connectivity index (χ1v) is 6.02. The number of halogens is 1. The molecule has 0 aliphatic rings. The molecule has 98 valence electrons. The number of benzene rings is 1. The van der Waals surface area contributed by atoms with Crippen LogP contribution < -0.4 is 0 Å². The Bertz CT molecular complexity index is 471. The van der Waals surface area contributed by atoms with Crippen LogP contribution in [0.5, 0.6) is 0 Å². The van der Waals surface area contributed by atoms with Crippen molar-refractivity contribution in [3.63, 3.8) is 0 Å². The van der Waals surface area contributed by atoms with Crippen LogP contribution in [0.15, 0.2) is 24.3 Å². The van der Waals surface area contributed by atoms with Crippen molar-refractivity contribution in [3.05, 3.63) is 45.0 Å². The number of carbonyl (C=O) groups excluding carboxylic acids is 1. The van der Waals surface area contributed by atoms with Gasteiger partial charge in [-0.2, -0.15) is 0 Å². The van der Waals surface area contributed by atoms with E-state index in [0.29, 0.717) is 5.02 Å².